The molecule has 3 aromatic carbocycles. The summed E-state index contributed by atoms with van der Waals surface area (Å²) < 4.78 is 17.8. The average Bonchev–Trinajstić information content (AvgIpc) is 3.32. The number of ether oxygens (including phenoxy) is 3. The van der Waals surface area contributed by atoms with E-state index in [4.69, 9.17) is 19.9 Å². The van der Waals surface area contributed by atoms with E-state index in [1.54, 1.807) is 18.4 Å². The molecule has 1 atom stereocenters. The van der Waals surface area contributed by atoms with Gasteiger partial charge in [-0.1, -0.05) is 36.4 Å². The molecule has 0 aliphatic heterocycles. The maximum absolute atomic E-state index is 12.4. The molecule has 1 aromatic heterocycles. The summed E-state index contributed by atoms with van der Waals surface area (Å²) in [6, 6.07) is 22.4. The van der Waals surface area contributed by atoms with Crippen LogP contribution >= 0.6 is 11.3 Å². The maximum atomic E-state index is 12.4. The Balaban J connectivity index is 1.54. The second kappa shape index (κ2) is 11.3. The summed E-state index contributed by atoms with van der Waals surface area (Å²) in [7, 11) is 1.58. The van der Waals surface area contributed by atoms with E-state index in [2.05, 4.69) is 35.7 Å². The van der Waals surface area contributed by atoms with Crippen molar-refractivity contribution in [2.45, 2.75) is 32.6 Å². The van der Waals surface area contributed by atoms with Crippen molar-refractivity contribution in [3.8, 4) is 16.9 Å². The second-order valence-electron chi connectivity index (χ2n) is 8.21. The lowest BCUT2D eigenvalue weighted by atomic mass is 9.98. The summed E-state index contributed by atoms with van der Waals surface area (Å²) in [4.78, 5) is 12.4. The molecule has 1 unspecified atom stereocenters. The number of carbonyl (C=O) groups excluding carboxylic acids is 1. The van der Waals surface area contributed by atoms with Crippen LogP contribution in [0, 0.1) is 0 Å². The fourth-order valence-electron chi connectivity index (χ4n) is 3.96. The number of methoxy groups -OCH3 is 1. The van der Waals surface area contributed by atoms with Crippen LogP contribution in [0.5, 0.6) is 5.75 Å². The van der Waals surface area contributed by atoms with Crippen LogP contribution in [-0.4, -0.2) is 25.8 Å². The van der Waals surface area contributed by atoms with Crippen molar-refractivity contribution in [1.82, 2.24) is 0 Å². The molecule has 2 N–H and O–H groups in total. The smallest absolute Gasteiger partial charge is 0.310 e. The molecule has 0 amide bonds. The van der Waals surface area contributed by atoms with Gasteiger partial charge in [0, 0.05) is 29.3 Å². The number of thiophene rings is 1. The number of para-hydroxylation sites is 1. The molecule has 176 valence electrons. The van der Waals surface area contributed by atoms with Gasteiger partial charge in [0.2, 0.25) is 0 Å². The Morgan fingerprint density at radius 2 is 1.88 bits per heavy atom. The van der Waals surface area contributed by atoms with Gasteiger partial charge in [-0.2, -0.15) is 0 Å². The van der Waals surface area contributed by atoms with Gasteiger partial charge in [-0.25, -0.2) is 0 Å². The molecule has 0 saturated heterocycles. The second-order valence-corrected chi connectivity index (χ2v) is 9.16. The van der Waals surface area contributed by atoms with Crippen molar-refractivity contribution in [1.29, 1.82) is 0 Å². The number of hydrogen-bond acceptors (Lipinski definition) is 6. The molecule has 6 heteroatoms. The number of carbonyl (C=O) groups is 1. The van der Waals surface area contributed by atoms with Crippen molar-refractivity contribution < 1.29 is 19.0 Å². The van der Waals surface area contributed by atoms with E-state index in [1.165, 1.54) is 10.1 Å². The number of hydrogen-bond donors (Lipinski definition) is 1. The SMILES string of the molecule is COCC(C)OC(=O)Cc1ccccc1OCc1cc(-c2cccc(CN)c2)c2ccsc2c1. The van der Waals surface area contributed by atoms with E-state index in [9.17, 15) is 4.79 Å². The standard InChI is InChI=1S/C28H29NO4S/c1-19(17-31-2)33-28(30)15-23-7-3-4-9-26(23)32-18-21-13-25(24-10-11-34-27(24)14-21)22-8-5-6-20(12-22)16-29/h3-14,19H,15-18,29H2,1-2H3. The van der Waals surface area contributed by atoms with Gasteiger partial charge in [0.1, 0.15) is 18.5 Å². The number of nitrogens with two attached hydrogens (primary N) is 1. The summed E-state index contributed by atoms with van der Waals surface area (Å²) >= 11 is 1.71. The number of rotatable bonds is 10. The fourth-order valence-corrected chi connectivity index (χ4v) is 4.83. The third-order valence-corrected chi connectivity index (χ3v) is 6.40. The van der Waals surface area contributed by atoms with Gasteiger partial charge < -0.3 is 19.9 Å². The minimum Gasteiger partial charge on any atom is -0.489 e. The zero-order chi connectivity index (χ0) is 23.9. The molecule has 1 heterocycles. The van der Waals surface area contributed by atoms with Crippen LogP contribution in [0.3, 0.4) is 0 Å². The minimum atomic E-state index is -0.303. The average molecular weight is 476 g/mol. The zero-order valence-electron chi connectivity index (χ0n) is 19.5. The van der Waals surface area contributed by atoms with E-state index in [1.807, 2.05) is 43.3 Å². The molecule has 34 heavy (non-hydrogen) atoms. The Hall–Kier alpha value is -3.19. The molecule has 0 spiro atoms. The lowest BCUT2D eigenvalue weighted by Crippen LogP contribution is -2.21. The van der Waals surface area contributed by atoms with Crippen molar-refractivity contribution in [3.05, 3.63) is 88.8 Å². The molecular weight excluding hydrogens is 446 g/mol. The molecule has 0 saturated carbocycles. The van der Waals surface area contributed by atoms with Gasteiger partial charge >= 0.3 is 5.97 Å². The third-order valence-electron chi connectivity index (χ3n) is 5.54. The van der Waals surface area contributed by atoms with Crippen LogP contribution in [0.25, 0.3) is 21.2 Å². The first-order chi connectivity index (χ1) is 16.6. The van der Waals surface area contributed by atoms with E-state index in [0.29, 0.717) is 25.5 Å². The van der Waals surface area contributed by atoms with Gasteiger partial charge in [0.05, 0.1) is 13.0 Å². The van der Waals surface area contributed by atoms with Gasteiger partial charge in [-0.15, -0.1) is 11.3 Å². The predicted octanol–water partition coefficient (Wildman–Crippen LogP) is 5.73. The van der Waals surface area contributed by atoms with Crippen LogP contribution in [0.2, 0.25) is 0 Å². The van der Waals surface area contributed by atoms with Crippen molar-refractivity contribution >= 4 is 27.4 Å². The topological polar surface area (TPSA) is 70.8 Å². The minimum absolute atomic E-state index is 0.144. The monoisotopic (exact) mass is 475 g/mol. The van der Waals surface area contributed by atoms with Gasteiger partial charge in [0.25, 0.3) is 0 Å². The Bertz CT molecular complexity index is 1270. The van der Waals surface area contributed by atoms with E-state index < -0.39 is 0 Å². The molecule has 0 fully saturated rings. The molecule has 0 aliphatic carbocycles. The Kier molecular flexibility index (Phi) is 7.95. The summed E-state index contributed by atoms with van der Waals surface area (Å²) in [5.74, 6) is 0.375. The van der Waals surface area contributed by atoms with Crippen LogP contribution in [0.1, 0.15) is 23.6 Å². The highest BCUT2D eigenvalue weighted by molar-refractivity contribution is 7.17. The zero-order valence-corrected chi connectivity index (χ0v) is 20.3. The van der Waals surface area contributed by atoms with Crippen LogP contribution in [0.4, 0.5) is 0 Å². The highest BCUT2D eigenvalue weighted by atomic mass is 32.1. The molecule has 4 aromatic rings. The summed E-state index contributed by atoms with van der Waals surface area (Å²) in [6.45, 7) is 3.08. The van der Waals surface area contributed by atoms with Gasteiger partial charge in [-0.3, -0.25) is 4.79 Å². The lowest BCUT2D eigenvalue weighted by molar-refractivity contribution is -0.149. The third kappa shape index (κ3) is 5.83. The summed E-state index contributed by atoms with van der Waals surface area (Å²) in [5.41, 5.74) is 11.1. The highest BCUT2D eigenvalue weighted by Gasteiger charge is 2.14. The van der Waals surface area contributed by atoms with Crippen molar-refractivity contribution in [3.63, 3.8) is 0 Å². The first kappa shape index (κ1) is 24.0. The van der Waals surface area contributed by atoms with Crippen LogP contribution in [0.15, 0.2) is 72.1 Å². The van der Waals surface area contributed by atoms with E-state index in [-0.39, 0.29) is 18.5 Å². The largest absolute Gasteiger partial charge is 0.489 e. The quantitative estimate of drug-likeness (QED) is 0.297. The molecule has 4 rings (SSSR count). The van der Waals surface area contributed by atoms with E-state index in [0.717, 1.165) is 27.8 Å². The number of benzene rings is 3. The Morgan fingerprint density at radius 1 is 1.03 bits per heavy atom. The summed E-state index contributed by atoms with van der Waals surface area (Å²) in [5, 5.41) is 3.33. The molecule has 0 radical (unpaired) electrons. The first-order valence-corrected chi connectivity index (χ1v) is 12.1. The first-order valence-electron chi connectivity index (χ1n) is 11.3. The maximum Gasteiger partial charge on any atom is 0.310 e. The highest BCUT2D eigenvalue weighted by Crippen LogP contribution is 2.34. The van der Waals surface area contributed by atoms with E-state index >= 15 is 0 Å². The predicted molar refractivity (Wildman–Crippen MR) is 137 cm³/mol. The molecular formula is C28H29NO4S. The van der Waals surface area contributed by atoms with Crippen LogP contribution < -0.4 is 10.5 Å². The van der Waals surface area contributed by atoms with Crippen molar-refractivity contribution in [2.75, 3.05) is 13.7 Å². The molecule has 5 nitrogen and oxygen atoms in total. The molecule has 0 aliphatic rings. The van der Waals surface area contributed by atoms with Crippen molar-refractivity contribution in [2.24, 2.45) is 5.73 Å². The van der Waals surface area contributed by atoms with Crippen LogP contribution in [-0.2, 0) is 33.8 Å². The lowest BCUT2D eigenvalue weighted by Gasteiger charge is -2.15. The Labute approximate surface area is 204 Å². The normalized spacial score (nSPS) is 12.0. The van der Waals surface area contributed by atoms with Gasteiger partial charge in [-0.05, 0) is 64.9 Å². The fraction of sp³-hybridized carbons (Fsp3) is 0.250. The Morgan fingerprint density at radius 3 is 2.71 bits per heavy atom. The number of esters is 1. The molecule has 0 bridgehead atoms. The summed E-state index contributed by atoms with van der Waals surface area (Å²) in [6.07, 6.45) is -0.148. The van der Waals surface area contributed by atoms with Gasteiger partial charge in [0.15, 0.2) is 0 Å². The number of fused-ring (bicyclic) bond motifs is 1.